The van der Waals surface area contributed by atoms with Gasteiger partial charge in [0.15, 0.2) is 14.9 Å². The Morgan fingerprint density at radius 1 is 1.10 bits per heavy atom. The summed E-state index contributed by atoms with van der Waals surface area (Å²) in [7, 11) is 4.71. The van der Waals surface area contributed by atoms with Crippen molar-refractivity contribution >= 4 is 40.9 Å². The van der Waals surface area contributed by atoms with Gasteiger partial charge in [-0.05, 0) is 43.9 Å². The van der Waals surface area contributed by atoms with Crippen molar-refractivity contribution in [1.82, 2.24) is 30.3 Å². The van der Waals surface area contributed by atoms with Crippen LogP contribution in [0.15, 0.2) is 70.9 Å². The fourth-order valence-corrected chi connectivity index (χ4v) is 7.19. The number of benzene rings is 1. The predicted octanol–water partition coefficient (Wildman–Crippen LogP) is 0.704. The second-order valence-electron chi connectivity index (χ2n) is 13.6. The van der Waals surface area contributed by atoms with Gasteiger partial charge in [-0.1, -0.05) is 25.1 Å². The number of nitrogens with zero attached hydrogens (tertiary/aromatic N) is 5. The van der Waals surface area contributed by atoms with Crippen molar-refractivity contribution in [1.29, 1.82) is 0 Å². The minimum atomic E-state index is -3.58. The first-order chi connectivity index (χ1) is 24.3. The molecule has 2 aromatic heterocycles. The fraction of sp³-hybridized carbons (Fsp3) is 0.412. The Bertz CT molecular complexity index is 2070. The second kappa shape index (κ2) is 13.0. The van der Waals surface area contributed by atoms with Gasteiger partial charge in [0.1, 0.15) is 25.0 Å². The Hall–Kier alpha value is -4.87. The van der Waals surface area contributed by atoms with Crippen LogP contribution in [-0.4, -0.2) is 84.8 Å². The molecule has 51 heavy (non-hydrogen) atoms. The largest absolute Gasteiger partial charge is 0.393 e. The second-order valence-corrected chi connectivity index (χ2v) is 15.8. The number of carbonyl (C=O) groups is 2. The van der Waals surface area contributed by atoms with Gasteiger partial charge >= 0.3 is 0 Å². The van der Waals surface area contributed by atoms with Gasteiger partial charge < -0.3 is 37.4 Å². The lowest BCUT2D eigenvalue weighted by Crippen LogP contribution is -2.59. The van der Waals surface area contributed by atoms with Crippen molar-refractivity contribution in [3.05, 3.63) is 77.3 Å². The lowest BCUT2D eigenvalue weighted by molar-refractivity contribution is -0.121. The highest BCUT2D eigenvalue weighted by Crippen LogP contribution is 2.45. The molecule has 8 N–H and O–H groups in total. The van der Waals surface area contributed by atoms with Crippen molar-refractivity contribution in [3.63, 3.8) is 0 Å². The molecule has 2 aliphatic carbocycles. The molecule has 4 aliphatic rings. The van der Waals surface area contributed by atoms with Gasteiger partial charge in [0.2, 0.25) is 5.91 Å². The van der Waals surface area contributed by atoms with Crippen molar-refractivity contribution in [2.24, 2.45) is 17.4 Å². The summed E-state index contributed by atoms with van der Waals surface area (Å²) in [4.78, 5) is 33.3. The Morgan fingerprint density at radius 3 is 2.51 bits per heavy atom. The first-order valence-electron chi connectivity index (χ1n) is 17.0. The summed E-state index contributed by atoms with van der Waals surface area (Å²) < 4.78 is 26.7. The van der Waals surface area contributed by atoms with Crippen molar-refractivity contribution in [2.75, 3.05) is 36.1 Å². The molecule has 2 amide bonds. The van der Waals surface area contributed by atoms with E-state index in [1.165, 1.54) is 31.2 Å². The number of anilines is 2. The number of sulfone groups is 1. The van der Waals surface area contributed by atoms with Gasteiger partial charge in [0, 0.05) is 49.3 Å². The molecular weight excluding hydrogens is 671 g/mol. The zero-order valence-corrected chi connectivity index (χ0v) is 29.3. The van der Waals surface area contributed by atoms with E-state index in [2.05, 4.69) is 25.8 Å². The van der Waals surface area contributed by atoms with Gasteiger partial charge in [-0.15, -0.1) is 0 Å². The van der Waals surface area contributed by atoms with Crippen LogP contribution in [0.1, 0.15) is 50.0 Å². The number of pyridine rings is 1. The Balaban J connectivity index is 1.13. The van der Waals surface area contributed by atoms with Crippen LogP contribution in [0.2, 0.25) is 0 Å². The van der Waals surface area contributed by atoms with Crippen LogP contribution < -0.4 is 32.3 Å². The van der Waals surface area contributed by atoms with Gasteiger partial charge in [-0.2, -0.15) is 5.10 Å². The SMILES string of the molecule is [B]C(O)(c1cccc(S(=O)(=O)CC)n1)N1CC(n2ncc3c2CN(C)c2c(NC(/C=C(\N)NC(=O)C4CC4)=C(/N)C(=O)NC4CC4)cccc2-3)C1. The molecule has 7 rings (SSSR count). The van der Waals surface area contributed by atoms with E-state index in [9.17, 15) is 23.1 Å². The van der Waals surface area contributed by atoms with Crippen molar-refractivity contribution < 1.29 is 23.1 Å². The smallest absolute Gasteiger partial charge is 0.269 e. The van der Waals surface area contributed by atoms with Crippen molar-refractivity contribution in [2.45, 2.75) is 61.9 Å². The van der Waals surface area contributed by atoms with Crippen LogP contribution in [0, 0.1) is 5.92 Å². The average molecular weight is 713 g/mol. The maximum absolute atomic E-state index is 13.0. The molecule has 0 bridgehead atoms. The molecule has 3 aromatic rings. The van der Waals surface area contributed by atoms with Gasteiger partial charge in [0.25, 0.3) is 5.91 Å². The molecule has 2 aliphatic heterocycles. The number of carbonyl (C=O) groups excluding carboxylic acids is 2. The van der Waals surface area contributed by atoms with Crippen LogP contribution in [0.4, 0.5) is 11.4 Å². The maximum Gasteiger partial charge on any atom is 0.269 e. The first kappa shape index (κ1) is 34.6. The molecule has 1 unspecified atom stereocenters. The standard InChI is InChI=1S/C34H41BN10O5S/c1-3-51(49,50)29-9-5-8-27(41-29)34(35,48)44-16-21(17-44)45-26-18-43(2)31-22(23(26)15-38-45)6-4-7-24(31)40-25(30(37)33(47)39-20-12-13-20)14-28(36)42-32(46)19-10-11-19/h4-9,14-15,19-21,40,48H,3,10-13,16-18,36-37H2,1-2H3,(H,39,47)(H,42,46)/b28-14+,30-25+. The van der Waals surface area contributed by atoms with E-state index < -0.39 is 21.4 Å². The van der Waals surface area contributed by atoms with E-state index in [0.717, 1.165) is 48.2 Å². The van der Waals surface area contributed by atoms with Crippen LogP contribution >= 0.6 is 0 Å². The monoisotopic (exact) mass is 712 g/mol. The third-order valence-electron chi connectivity index (χ3n) is 9.72. The quantitative estimate of drug-likeness (QED) is 0.0871. The number of hydrogen-bond acceptors (Lipinski definition) is 12. The molecular formula is C34H41BN10O5S. The van der Waals surface area contributed by atoms with Crippen LogP contribution in [0.25, 0.3) is 11.1 Å². The zero-order valence-electron chi connectivity index (χ0n) is 28.5. The maximum atomic E-state index is 13.0. The summed E-state index contributed by atoms with van der Waals surface area (Å²) in [6, 6.07) is 10.2. The number of likely N-dealkylation sites (tertiary alicyclic amines) is 1. The number of aromatic nitrogens is 3. The summed E-state index contributed by atoms with van der Waals surface area (Å²) in [5, 5.41) is 24.8. The van der Waals surface area contributed by atoms with Gasteiger partial charge in [-0.3, -0.25) is 19.2 Å². The summed E-state index contributed by atoms with van der Waals surface area (Å²) in [5.74, 6) is -0.681. The molecule has 0 spiro atoms. The molecule has 2 radical (unpaired) electrons. The Labute approximate surface area is 297 Å². The summed E-state index contributed by atoms with van der Waals surface area (Å²) in [5.41, 5.74) is 15.2. The minimum absolute atomic E-state index is 0.0487. The molecule has 4 heterocycles. The number of amides is 2. The van der Waals surface area contributed by atoms with Gasteiger partial charge in [0.05, 0.1) is 53.0 Å². The van der Waals surface area contributed by atoms with E-state index in [1.807, 2.05) is 36.1 Å². The number of hydrogen-bond donors (Lipinski definition) is 6. The number of para-hydroxylation sites is 1. The number of aliphatic hydroxyl groups is 1. The van der Waals surface area contributed by atoms with Crippen LogP contribution in [-0.2, 0) is 31.6 Å². The van der Waals surface area contributed by atoms with E-state index in [-0.39, 0.29) is 57.6 Å². The third-order valence-corrected chi connectivity index (χ3v) is 11.3. The lowest BCUT2D eigenvalue weighted by Gasteiger charge is -2.48. The van der Waals surface area contributed by atoms with E-state index >= 15 is 0 Å². The van der Waals surface area contributed by atoms with Crippen LogP contribution in [0.3, 0.4) is 0 Å². The molecule has 2 saturated carbocycles. The molecule has 15 nitrogen and oxygen atoms in total. The fourth-order valence-electron chi connectivity index (χ4n) is 6.37. The Morgan fingerprint density at radius 2 is 1.82 bits per heavy atom. The Kier molecular flexibility index (Phi) is 8.84. The lowest BCUT2D eigenvalue weighted by atomic mass is 9.82. The summed E-state index contributed by atoms with van der Waals surface area (Å²) in [6.07, 6.45) is 6.71. The zero-order chi connectivity index (χ0) is 36.2. The minimum Gasteiger partial charge on any atom is -0.393 e. The average Bonchev–Trinajstić information content (AvgIpc) is 4.02. The molecule has 1 atom stereocenters. The number of allylic oxidation sites excluding steroid dienone is 1. The summed E-state index contributed by atoms with van der Waals surface area (Å²) in [6.45, 7) is 2.74. The highest BCUT2D eigenvalue weighted by molar-refractivity contribution is 7.91. The summed E-state index contributed by atoms with van der Waals surface area (Å²) >= 11 is 0. The molecule has 17 heteroatoms. The third kappa shape index (κ3) is 6.80. The number of rotatable bonds is 12. The van der Waals surface area contributed by atoms with Crippen molar-refractivity contribution in [3.8, 4) is 11.1 Å². The number of nitrogens with one attached hydrogen (secondary N) is 3. The predicted molar refractivity (Wildman–Crippen MR) is 191 cm³/mol. The van der Waals surface area contributed by atoms with E-state index in [1.54, 1.807) is 4.90 Å². The molecule has 1 saturated heterocycles. The van der Waals surface area contributed by atoms with E-state index in [4.69, 9.17) is 24.4 Å². The molecule has 3 fully saturated rings. The first-order valence-corrected chi connectivity index (χ1v) is 18.6. The number of fused-ring (bicyclic) bond motifs is 3. The highest BCUT2D eigenvalue weighted by atomic mass is 32.2. The molecule has 266 valence electrons. The van der Waals surface area contributed by atoms with Crippen LogP contribution in [0.5, 0.6) is 0 Å². The topological polar surface area (TPSA) is 214 Å². The normalized spacial score (nSPS) is 19.6. The molecule has 1 aromatic carbocycles. The van der Waals surface area contributed by atoms with E-state index in [0.29, 0.717) is 25.3 Å². The van der Waals surface area contributed by atoms with Gasteiger partial charge in [-0.25, -0.2) is 13.4 Å². The number of nitrogens with two attached hydrogens (primary N) is 2. The highest BCUT2D eigenvalue weighted by Gasteiger charge is 2.43.